The summed E-state index contributed by atoms with van der Waals surface area (Å²) in [6, 6.07) is 6.52. The molecule has 2 heterocycles. The number of methoxy groups -OCH3 is 2. The molecule has 2 aromatic heterocycles. The van der Waals surface area contributed by atoms with E-state index in [1.165, 1.54) is 26.6 Å². The number of ether oxygens (including phenoxy) is 2. The van der Waals surface area contributed by atoms with E-state index in [9.17, 15) is 9.59 Å². The van der Waals surface area contributed by atoms with Crippen molar-refractivity contribution in [2.45, 2.75) is 0 Å². The fourth-order valence-electron chi connectivity index (χ4n) is 1.57. The van der Waals surface area contributed by atoms with Crippen LogP contribution in [-0.4, -0.2) is 36.1 Å². The van der Waals surface area contributed by atoms with Gasteiger partial charge in [-0.3, -0.25) is 9.97 Å². The van der Waals surface area contributed by atoms with Crippen molar-refractivity contribution in [3.63, 3.8) is 0 Å². The molecule has 102 valence electrons. The molecule has 0 aliphatic carbocycles. The minimum Gasteiger partial charge on any atom is -0.465 e. The van der Waals surface area contributed by atoms with Crippen LogP contribution in [0.1, 0.15) is 20.7 Å². The van der Waals surface area contributed by atoms with Crippen LogP contribution in [0.5, 0.6) is 0 Å². The average molecular weight is 272 g/mol. The lowest BCUT2D eigenvalue weighted by atomic mass is 10.2. The quantitative estimate of drug-likeness (QED) is 0.791. The average Bonchev–Trinajstić information content (AvgIpc) is 2.53. The number of carbonyl (C=O) groups is 2. The second kappa shape index (κ2) is 5.92. The molecular formula is C14H12N2O4. The molecule has 0 spiro atoms. The zero-order chi connectivity index (χ0) is 14.5. The van der Waals surface area contributed by atoms with E-state index in [0.717, 1.165) is 0 Å². The molecule has 0 fully saturated rings. The third-order valence-corrected chi connectivity index (χ3v) is 2.63. The van der Waals surface area contributed by atoms with Gasteiger partial charge in [-0.15, -0.1) is 0 Å². The number of aromatic nitrogens is 2. The predicted molar refractivity (Wildman–Crippen MR) is 70.1 cm³/mol. The number of esters is 2. The van der Waals surface area contributed by atoms with Gasteiger partial charge in [-0.2, -0.15) is 0 Å². The second-order valence-corrected chi connectivity index (χ2v) is 3.85. The highest BCUT2D eigenvalue weighted by Gasteiger charge is 2.09. The van der Waals surface area contributed by atoms with E-state index < -0.39 is 11.9 Å². The predicted octanol–water partition coefficient (Wildman–Crippen LogP) is 1.72. The number of carbonyl (C=O) groups excluding carboxylic acids is 2. The number of pyridine rings is 2. The zero-order valence-corrected chi connectivity index (χ0v) is 11.0. The Morgan fingerprint density at radius 1 is 0.800 bits per heavy atom. The van der Waals surface area contributed by atoms with Crippen molar-refractivity contribution in [3.8, 4) is 11.4 Å². The molecule has 20 heavy (non-hydrogen) atoms. The minimum absolute atomic E-state index is 0.363. The molecule has 0 saturated carbocycles. The molecule has 0 aromatic carbocycles. The molecule has 2 rings (SSSR count). The van der Waals surface area contributed by atoms with Gasteiger partial charge in [0.05, 0.1) is 36.7 Å². The van der Waals surface area contributed by atoms with Gasteiger partial charge in [0.15, 0.2) is 0 Å². The van der Waals surface area contributed by atoms with Crippen LogP contribution >= 0.6 is 0 Å². The van der Waals surface area contributed by atoms with Gasteiger partial charge in [0.25, 0.3) is 0 Å². The van der Waals surface area contributed by atoms with Crippen molar-refractivity contribution in [1.82, 2.24) is 9.97 Å². The minimum atomic E-state index is -0.446. The van der Waals surface area contributed by atoms with E-state index in [2.05, 4.69) is 19.4 Å². The topological polar surface area (TPSA) is 78.4 Å². The fraction of sp³-hybridized carbons (Fsp3) is 0.143. The fourth-order valence-corrected chi connectivity index (χ4v) is 1.57. The number of hydrogen-bond acceptors (Lipinski definition) is 6. The summed E-state index contributed by atoms with van der Waals surface area (Å²) in [5.74, 6) is -0.893. The lowest BCUT2D eigenvalue weighted by Gasteiger charge is -2.03. The van der Waals surface area contributed by atoms with Gasteiger partial charge in [0.2, 0.25) is 0 Å². The Hall–Kier alpha value is -2.76. The summed E-state index contributed by atoms with van der Waals surface area (Å²) in [4.78, 5) is 30.8. The van der Waals surface area contributed by atoms with E-state index in [1.807, 2.05) is 0 Å². The Kier molecular flexibility index (Phi) is 4.05. The lowest BCUT2D eigenvalue weighted by molar-refractivity contribution is 0.0591. The smallest absolute Gasteiger partial charge is 0.339 e. The van der Waals surface area contributed by atoms with Gasteiger partial charge < -0.3 is 9.47 Å². The van der Waals surface area contributed by atoms with Crippen LogP contribution < -0.4 is 0 Å². The molecule has 0 unspecified atom stereocenters. The molecule has 0 atom stereocenters. The van der Waals surface area contributed by atoms with Crippen molar-refractivity contribution in [2.75, 3.05) is 14.2 Å². The summed E-state index contributed by atoms with van der Waals surface area (Å²) in [6.45, 7) is 0. The molecule has 0 amide bonds. The first-order chi connectivity index (χ1) is 9.65. The molecule has 6 heteroatoms. The van der Waals surface area contributed by atoms with Crippen molar-refractivity contribution < 1.29 is 19.1 Å². The highest BCUT2D eigenvalue weighted by atomic mass is 16.5. The van der Waals surface area contributed by atoms with Gasteiger partial charge in [0, 0.05) is 12.4 Å². The molecule has 2 aromatic rings. The van der Waals surface area contributed by atoms with Crippen LogP contribution in [0.2, 0.25) is 0 Å². The molecule has 0 N–H and O–H groups in total. The van der Waals surface area contributed by atoms with Gasteiger partial charge in [-0.25, -0.2) is 9.59 Å². The number of nitrogens with zero attached hydrogens (tertiary/aromatic N) is 2. The second-order valence-electron chi connectivity index (χ2n) is 3.85. The first-order valence-electron chi connectivity index (χ1n) is 5.75. The van der Waals surface area contributed by atoms with Crippen LogP contribution in [0.25, 0.3) is 11.4 Å². The van der Waals surface area contributed by atoms with E-state index in [1.54, 1.807) is 24.3 Å². The first kappa shape index (κ1) is 13.7. The summed E-state index contributed by atoms with van der Waals surface area (Å²) in [7, 11) is 2.62. The van der Waals surface area contributed by atoms with Gasteiger partial charge in [-0.1, -0.05) is 0 Å². The van der Waals surface area contributed by atoms with Crippen molar-refractivity contribution in [2.24, 2.45) is 0 Å². The summed E-state index contributed by atoms with van der Waals surface area (Å²) in [6.07, 6.45) is 2.83. The van der Waals surface area contributed by atoms with Crippen molar-refractivity contribution >= 4 is 11.9 Å². The first-order valence-corrected chi connectivity index (χ1v) is 5.75. The summed E-state index contributed by atoms with van der Waals surface area (Å²) in [5, 5.41) is 0. The Labute approximate surface area is 115 Å². The molecule has 0 aliphatic rings. The Bertz CT molecular complexity index is 563. The summed E-state index contributed by atoms with van der Waals surface area (Å²) < 4.78 is 9.18. The maximum absolute atomic E-state index is 11.3. The van der Waals surface area contributed by atoms with Crippen LogP contribution in [0, 0.1) is 0 Å². The van der Waals surface area contributed by atoms with Crippen LogP contribution in [-0.2, 0) is 9.47 Å². The Morgan fingerprint density at radius 3 is 1.45 bits per heavy atom. The van der Waals surface area contributed by atoms with Crippen molar-refractivity contribution in [3.05, 3.63) is 47.8 Å². The lowest BCUT2D eigenvalue weighted by Crippen LogP contribution is -2.03. The maximum atomic E-state index is 11.3. The largest absolute Gasteiger partial charge is 0.465 e. The normalized spacial score (nSPS) is 9.90. The molecule has 0 aliphatic heterocycles. The number of hydrogen-bond donors (Lipinski definition) is 0. The highest BCUT2D eigenvalue weighted by Crippen LogP contribution is 2.15. The SMILES string of the molecule is COC(=O)c1ccc(-c2ccc(C(=O)OC)cn2)nc1. The van der Waals surface area contributed by atoms with Crippen molar-refractivity contribution in [1.29, 1.82) is 0 Å². The summed E-state index contributed by atoms with van der Waals surface area (Å²) >= 11 is 0. The Morgan fingerprint density at radius 2 is 1.20 bits per heavy atom. The zero-order valence-electron chi connectivity index (χ0n) is 11.0. The monoisotopic (exact) mass is 272 g/mol. The highest BCUT2D eigenvalue weighted by molar-refractivity contribution is 5.90. The molecule has 0 bridgehead atoms. The van der Waals surface area contributed by atoms with E-state index in [4.69, 9.17) is 0 Å². The van der Waals surface area contributed by atoms with E-state index in [-0.39, 0.29) is 0 Å². The third kappa shape index (κ3) is 2.80. The molecule has 6 nitrogen and oxygen atoms in total. The van der Waals surface area contributed by atoms with Gasteiger partial charge >= 0.3 is 11.9 Å². The van der Waals surface area contributed by atoms with Gasteiger partial charge in [0.1, 0.15) is 0 Å². The standard InChI is InChI=1S/C14H12N2O4/c1-19-13(17)9-3-5-11(15-7-9)12-6-4-10(8-16-12)14(18)20-2/h3-8H,1-2H3. The number of rotatable bonds is 3. The van der Waals surface area contributed by atoms with Crippen LogP contribution in [0.15, 0.2) is 36.7 Å². The van der Waals surface area contributed by atoms with E-state index >= 15 is 0 Å². The van der Waals surface area contributed by atoms with E-state index in [0.29, 0.717) is 22.5 Å². The molecule has 0 saturated heterocycles. The molecule has 0 radical (unpaired) electrons. The maximum Gasteiger partial charge on any atom is 0.339 e. The van der Waals surface area contributed by atoms with Crippen LogP contribution in [0.4, 0.5) is 0 Å². The van der Waals surface area contributed by atoms with Gasteiger partial charge in [-0.05, 0) is 24.3 Å². The Balaban J connectivity index is 2.23. The summed E-state index contributed by atoms with van der Waals surface area (Å²) in [5.41, 5.74) is 1.91. The van der Waals surface area contributed by atoms with Crippen LogP contribution in [0.3, 0.4) is 0 Å². The third-order valence-electron chi connectivity index (χ3n) is 2.63. The molecular weight excluding hydrogens is 260 g/mol.